The number of carbonyl (C=O) groups excluding carboxylic acids is 1. The third-order valence-electron chi connectivity index (χ3n) is 3.53. The predicted molar refractivity (Wildman–Crippen MR) is 95.0 cm³/mol. The number of benzene rings is 1. The van der Waals surface area contributed by atoms with Crippen LogP contribution in [-0.4, -0.2) is 21.7 Å². The van der Waals surface area contributed by atoms with Crippen LogP contribution >= 0.6 is 0 Å². The number of H-pyrrole nitrogens is 1. The average molecular weight is 323 g/mol. The van der Waals surface area contributed by atoms with E-state index in [1.54, 1.807) is 11.1 Å². The highest BCUT2D eigenvalue weighted by Gasteiger charge is 2.25. The summed E-state index contributed by atoms with van der Waals surface area (Å²) in [6, 6.07) is 13.6. The molecular weight excluding hydrogens is 302 g/mol. The molecule has 0 aliphatic carbocycles. The van der Waals surface area contributed by atoms with Crippen LogP contribution < -0.4 is 4.90 Å². The van der Waals surface area contributed by atoms with E-state index < -0.39 is 5.60 Å². The summed E-state index contributed by atoms with van der Waals surface area (Å²) in [6.07, 6.45) is 3.13. The Labute approximate surface area is 141 Å². The summed E-state index contributed by atoms with van der Waals surface area (Å²) in [5, 5.41) is 0.888. The summed E-state index contributed by atoms with van der Waals surface area (Å²) in [6.45, 7) is 6.03. The van der Waals surface area contributed by atoms with Gasteiger partial charge in [-0.05, 0) is 38.5 Å². The maximum Gasteiger partial charge on any atom is 0.415 e. The second-order valence-corrected chi connectivity index (χ2v) is 6.62. The Morgan fingerprint density at radius 1 is 1.17 bits per heavy atom. The third-order valence-corrected chi connectivity index (χ3v) is 3.53. The Morgan fingerprint density at radius 3 is 2.62 bits per heavy atom. The Balaban J connectivity index is 2.01. The lowest BCUT2D eigenvalue weighted by Gasteiger charge is -2.28. The first kappa shape index (κ1) is 16.1. The number of aromatic amines is 1. The van der Waals surface area contributed by atoms with Gasteiger partial charge in [0.2, 0.25) is 0 Å². The molecule has 0 fully saturated rings. The van der Waals surface area contributed by atoms with E-state index >= 15 is 0 Å². The van der Waals surface area contributed by atoms with Crippen molar-refractivity contribution < 1.29 is 9.53 Å². The highest BCUT2D eigenvalue weighted by molar-refractivity contribution is 5.99. The molecule has 0 aliphatic rings. The van der Waals surface area contributed by atoms with Gasteiger partial charge in [-0.15, -0.1) is 0 Å². The van der Waals surface area contributed by atoms with E-state index in [1.807, 2.05) is 69.4 Å². The highest BCUT2D eigenvalue weighted by atomic mass is 16.6. The molecule has 2 aromatic heterocycles. The minimum Gasteiger partial charge on any atom is -0.443 e. The monoisotopic (exact) mass is 323 g/mol. The van der Waals surface area contributed by atoms with Crippen molar-refractivity contribution in [3.05, 3.63) is 60.4 Å². The topological polar surface area (TPSA) is 58.2 Å². The number of carbonyl (C=O) groups is 1. The van der Waals surface area contributed by atoms with Crippen molar-refractivity contribution in [1.82, 2.24) is 9.97 Å². The number of hydrogen-bond acceptors (Lipinski definition) is 3. The summed E-state index contributed by atoms with van der Waals surface area (Å²) < 4.78 is 5.61. The van der Waals surface area contributed by atoms with Gasteiger partial charge in [0.05, 0.1) is 12.2 Å². The lowest BCUT2D eigenvalue weighted by Crippen LogP contribution is -2.36. The lowest BCUT2D eigenvalue weighted by molar-refractivity contribution is 0.0578. The van der Waals surface area contributed by atoms with Gasteiger partial charge in [-0.25, -0.2) is 9.78 Å². The van der Waals surface area contributed by atoms with E-state index in [9.17, 15) is 4.79 Å². The normalized spacial score (nSPS) is 11.5. The van der Waals surface area contributed by atoms with Crippen LogP contribution in [0.4, 0.5) is 10.5 Å². The molecule has 0 atom stereocenters. The van der Waals surface area contributed by atoms with E-state index in [2.05, 4.69) is 9.97 Å². The molecule has 0 unspecified atom stereocenters. The van der Waals surface area contributed by atoms with Gasteiger partial charge < -0.3 is 9.72 Å². The van der Waals surface area contributed by atoms with Crippen molar-refractivity contribution in [3.8, 4) is 0 Å². The summed E-state index contributed by atoms with van der Waals surface area (Å²) in [5.41, 5.74) is 1.99. The van der Waals surface area contributed by atoms with Crippen LogP contribution in [0.25, 0.3) is 11.0 Å². The van der Waals surface area contributed by atoms with Crippen molar-refractivity contribution in [2.24, 2.45) is 0 Å². The first-order valence-corrected chi connectivity index (χ1v) is 7.90. The number of fused-ring (bicyclic) bond motifs is 1. The van der Waals surface area contributed by atoms with Crippen LogP contribution in [-0.2, 0) is 11.3 Å². The Hall–Kier alpha value is -2.82. The molecule has 0 saturated heterocycles. The number of pyridine rings is 1. The van der Waals surface area contributed by atoms with Gasteiger partial charge in [0.1, 0.15) is 11.2 Å². The molecule has 0 spiro atoms. The first-order valence-electron chi connectivity index (χ1n) is 7.90. The Kier molecular flexibility index (Phi) is 4.25. The molecule has 0 radical (unpaired) electrons. The van der Waals surface area contributed by atoms with Gasteiger partial charge in [-0.3, -0.25) is 4.90 Å². The quantitative estimate of drug-likeness (QED) is 0.772. The van der Waals surface area contributed by atoms with Crippen molar-refractivity contribution in [3.63, 3.8) is 0 Å². The van der Waals surface area contributed by atoms with Crippen LogP contribution in [0, 0.1) is 0 Å². The standard InChI is InChI=1S/C19H21N3O2/c1-19(2,3)24-18(23)22(13-14-7-5-4-6-8-14)16-10-12-21-17-15(16)9-11-20-17/h4-12H,13H2,1-3H3,(H,20,21). The highest BCUT2D eigenvalue weighted by Crippen LogP contribution is 2.27. The van der Waals surface area contributed by atoms with Crippen LogP contribution in [0.5, 0.6) is 0 Å². The second kappa shape index (κ2) is 6.35. The maximum absolute atomic E-state index is 12.8. The second-order valence-electron chi connectivity index (χ2n) is 6.62. The lowest BCUT2D eigenvalue weighted by atomic mass is 10.2. The molecule has 1 N–H and O–H groups in total. The molecule has 0 bridgehead atoms. The fourth-order valence-corrected chi connectivity index (χ4v) is 2.51. The summed E-state index contributed by atoms with van der Waals surface area (Å²) >= 11 is 0. The number of nitrogens with zero attached hydrogens (tertiary/aromatic N) is 2. The van der Waals surface area contributed by atoms with Crippen LogP contribution in [0.2, 0.25) is 0 Å². The molecule has 0 aliphatic heterocycles. The minimum atomic E-state index is -0.559. The summed E-state index contributed by atoms with van der Waals surface area (Å²) in [4.78, 5) is 21.8. The van der Waals surface area contributed by atoms with E-state index in [-0.39, 0.29) is 6.09 Å². The molecule has 124 valence electrons. The average Bonchev–Trinajstić information content (AvgIpc) is 3.00. The van der Waals surface area contributed by atoms with E-state index in [0.717, 1.165) is 22.3 Å². The van der Waals surface area contributed by atoms with Gasteiger partial charge in [0, 0.05) is 17.8 Å². The van der Waals surface area contributed by atoms with Crippen LogP contribution in [0.15, 0.2) is 54.9 Å². The molecule has 24 heavy (non-hydrogen) atoms. The maximum atomic E-state index is 12.8. The van der Waals surface area contributed by atoms with Crippen molar-refractivity contribution in [1.29, 1.82) is 0 Å². The first-order chi connectivity index (χ1) is 11.4. The molecule has 5 nitrogen and oxygen atoms in total. The fourth-order valence-electron chi connectivity index (χ4n) is 2.51. The number of rotatable bonds is 3. The van der Waals surface area contributed by atoms with Gasteiger partial charge in [0.25, 0.3) is 0 Å². The molecule has 1 aromatic carbocycles. The van der Waals surface area contributed by atoms with Crippen LogP contribution in [0.3, 0.4) is 0 Å². The fraction of sp³-hybridized carbons (Fsp3) is 0.263. The van der Waals surface area contributed by atoms with Gasteiger partial charge in [-0.2, -0.15) is 0 Å². The molecule has 3 aromatic rings. The van der Waals surface area contributed by atoms with Crippen molar-refractivity contribution >= 4 is 22.8 Å². The van der Waals surface area contributed by atoms with Crippen LogP contribution in [0.1, 0.15) is 26.3 Å². The summed E-state index contributed by atoms with van der Waals surface area (Å²) in [7, 11) is 0. The zero-order valence-corrected chi connectivity index (χ0v) is 14.1. The molecule has 0 saturated carbocycles. The van der Waals surface area contributed by atoms with Crippen molar-refractivity contribution in [2.45, 2.75) is 32.9 Å². The van der Waals surface area contributed by atoms with E-state index in [0.29, 0.717) is 6.54 Å². The molecular formula is C19H21N3O2. The zero-order valence-electron chi connectivity index (χ0n) is 14.1. The van der Waals surface area contributed by atoms with E-state index in [4.69, 9.17) is 4.74 Å². The predicted octanol–water partition coefficient (Wildman–Crippen LogP) is 4.50. The SMILES string of the molecule is CC(C)(C)OC(=O)N(Cc1ccccc1)c1ccnc2[nH]ccc12. The number of nitrogens with one attached hydrogen (secondary N) is 1. The van der Waals surface area contributed by atoms with Gasteiger partial charge >= 0.3 is 6.09 Å². The van der Waals surface area contributed by atoms with Gasteiger partial charge in [-0.1, -0.05) is 30.3 Å². The third kappa shape index (κ3) is 3.56. The number of ether oxygens (including phenoxy) is 1. The number of anilines is 1. The number of hydrogen-bond donors (Lipinski definition) is 1. The molecule has 2 heterocycles. The number of amides is 1. The molecule has 1 amide bonds. The Morgan fingerprint density at radius 2 is 1.92 bits per heavy atom. The zero-order chi connectivity index (χ0) is 17.2. The Bertz CT molecular complexity index is 834. The molecule has 3 rings (SSSR count). The largest absolute Gasteiger partial charge is 0.443 e. The van der Waals surface area contributed by atoms with Crippen molar-refractivity contribution in [2.75, 3.05) is 4.90 Å². The number of aromatic nitrogens is 2. The minimum absolute atomic E-state index is 0.375. The van der Waals surface area contributed by atoms with Gasteiger partial charge in [0.15, 0.2) is 0 Å². The molecule has 5 heteroatoms. The summed E-state index contributed by atoms with van der Waals surface area (Å²) in [5.74, 6) is 0. The smallest absolute Gasteiger partial charge is 0.415 e. The van der Waals surface area contributed by atoms with E-state index in [1.165, 1.54) is 0 Å².